The number of hydrogen-bond donors (Lipinski definition) is 1. The maximum atomic E-state index is 4.66. The summed E-state index contributed by atoms with van der Waals surface area (Å²) in [5.74, 6) is 1.01. The maximum absolute atomic E-state index is 4.66. The first-order valence-corrected chi connectivity index (χ1v) is 7.24. The van der Waals surface area contributed by atoms with Gasteiger partial charge in [-0.25, -0.2) is 0 Å². The monoisotopic (exact) mass is 265 g/mol. The van der Waals surface area contributed by atoms with Crippen molar-refractivity contribution < 1.29 is 0 Å². The van der Waals surface area contributed by atoms with E-state index in [2.05, 4.69) is 41.2 Å². The molecule has 1 N–H and O–H groups in total. The lowest BCUT2D eigenvalue weighted by Gasteiger charge is -2.21. The van der Waals surface area contributed by atoms with Crippen LogP contribution in [0.3, 0.4) is 0 Å². The van der Waals surface area contributed by atoms with Crippen molar-refractivity contribution in [1.29, 1.82) is 0 Å². The molecule has 0 atom stereocenters. The lowest BCUT2D eigenvalue weighted by molar-refractivity contribution is 0.463. The normalized spacial score (nSPS) is 11.6. The molecule has 0 amide bonds. The van der Waals surface area contributed by atoms with Gasteiger partial charge in [0.25, 0.3) is 0 Å². The van der Waals surface area contributed by atoms with Crippen molar-refractivity contribution in [2.75, 3.05) is 26.7 Å². The number of aliphatic imine (C=N–C) groups is 1. The summed E-state index contributed by atoms with van der Waals surface area (Å²) in [6.07, 6.45) is 7.23. The highest BCUT2D eigenvalue weighted by molar-refractivity contribution is 5.79. The Bertz CT molecular complexity index is 345. The Hall–Kier alpha value is -1.52. The number of nitrogens with zero attached hydrogens (tertiary/aromatic N) is 4. The minimum absolute atomic E-state index is 0.832. The molecule has 0 aliphatic heterocycles. The number of hydrogen-bond acceptors (Lipinski definition) is 2. The molecule has 19 heavy (non-hydrogen) atoms. The summed E-state index contributed by atoms with van der Waals surface area (Å²) in [6, 6.07) is 1.95. The maximum Gasteiger partial charge on any atom is 0.193 e. The third kappa shape index (κ3) is 6.27. The van der Waals surface area contributed by atoms with Crippen molar-refractivity contribution in [1.82, 2.24) is 20.0 Å². The average molecular weight is 265 g/mol. The minimum atomic E-state index is 0.832. The van der Waals surface area contributed by atoms with Gasteiger partial charge in [-0.2, -0.15) is 5.10 Å². The standard InChI is InChI=1S/C14H27N5/c1-4-6-11-18(3)14(15-5-2)16-9-7-12-19-13-8-10-17-19/h8,10,13H,4-7,9,11-12H2,1-3H3,(H,15,16). The van der Waals surface area contributed by atoms with E-state index in [-0.39, 0.29) is 0 Å². The number of aromatic nitrogens is 2. The largest absolute Gasteiger partial charge is 0.357 e. The second kappa shape index (κ2) is 9.42. The van der Waals surface area contributed by atoms with Crippen LogP contribution >= 0.6 is 0 Å². The second-order valence-corrected chi connectivity index (χ2v) is 4.63. The second-order valence-electron chi connectivity index (χ2n) is 4.63. The summed E-state index contributed by atoms with van der Waals surface area (Å²) in [5.41, 5.74) is 0. The molecule has 0 bridgehead atoms. The Labute approximate surface area is 116 Å². The lowest BCUT2D eigenvalue weighted by atomic mass is 10.3. The van der Waals surface area contributed by atoms with Gasteiger partial charge in [-0.1, -0.05) is 13.3 Å². The molecule has 0 aromatic carbocycles. The van der Waals surface area contributed by atoms with Crippen LogP contribution in [0.15, 0.2) is 23.5 Å². The van der Waals surface area contributed by atoms with Crippen molar-refractivity contribution in [3.8, 4) is 0 Å². The Balaban J connectivity index is 2.34. The molecule has 0 saturated heterocycles. The molecule has 0 fully saturated rings. The van der Waals surface area contributed by atoms with E-state index in [1.807, 2.05) is 23.1 Å². The topological polar surface area (TPSA) is 45.5 Å². The van der Waals surface area contributed by atoms with Crippen molar-refractivity contribution in [2.45, 2.75) is 39.7 Å². The van der Waals surface area contributed by atoms with E-state index in [4.69, 9.17) is 0 Å². The quantitative estimate of drug-likeness (QED) is 0.444. The molecule has 5 nitrogen and oxygen atoms in total. The first-order valence-electron chi connectivity index (χ1n) is 7.24. The van der Waals surface area contributed by atoms with Crippen LogP contribution in [0.5, 0.6) is 0 Å². The van der Waals surface area contributed by atoms with E-state index in [1.54, 1.807) is 0 Å². The van der Waals surface area contributed by atoms with Crippen molar-refractivity contribution >= 4 is 5.96 Å². The highest BCUT2D eigenvalue weighted by atomic mass is 15.3. The van der Waals surface area contributed by atoms with Crippen LogP contribution < -0.4 is 5.32 Å². The van der Waals surface area contributed by atoms with Gasteiger partial charge in [0.15, 0.2) is 5.96 Å². The molecular formula is C14H27N5. The third-order valence-corrected chi connectivity index (χ3v) is 2.91. The molecule has 108 valence electrons. The summed E-state index contributed by atoms with van der Waals surface area (Å²) in [6.45, 7) is 8.04. The number of unbranched alkanes of at least 4 members (excludes halogenated alkanes) is 1. The van der Waals surface area contributed by atoms with Crippen molar-refractivity contribution in [2.24, 2.45) is 4.99 Å². The van der Waals surface area contributed by atoms with Gasteiger partial charge in [0.2, 0.25) is 0 Å². The number of rotatable bonds is 8. The summed E-state index contributed by atoms with van der Waals surface area (Å²) in [7, 11) is 2.10. The van der Waals surface area contributed by atoms with Crippen molar-refractivity contribution in [3.05, 3.63) is 18.5 Å². The van der Waals surface area contributed by atoms with E-state index in [1.165, 1.54) is 12.8 Å². The molecule has 1 rings (SSSR count). The lowest BCUT2D eigenvalue weighted by Crippen LogP contribution is -2.39. The fraction of sp³-hybridized carbons (Fsp3) is 0.714. The highest BCUT2D eigenvalue weighted by Crippen LogP contribution is 1.95. The zero-order valence-electron chi connectivity index (χ0n) is 12.5. The van der Waals surface area contributed by atoms with Gasteiger partial charge in [0, 0.05) is 45.6 Å². The minimum Gasteiger partial charge on any atom is -0.357 e. The van der Waals surface area contributed by atoms with Crippen LogP contribution in [0.1, 0.15) is 33.1 Å². The molecule has 0 unspecified atom stereocenters. The highest BCUT2D eigenvalue weighted by Gasteiger charge is 2.03. The van der Waals surface area contributed by atoms with Crippen molar-refractivity contribution in [3.63, 3.8) is 0 Å². The molecule has 5 heteroatoms. The third-order valence-electron chi connectivity index (χ3n) is 2.91. The zero-order chi connectivity index (χ0) is 13.9. The van der Waals surface area contributed by atoms with Crippen LogP contribution in [0.2, 0.25) is 0 Å². The summed E-state index contributed by atoms with van der Waals surface area (Å²) in [5, 5.41) is 7.53. The average Bonchev–Trinajstić information content (AvgIpc) is 2.92. The van der Waals surface area contributed by atoms with E-state index < -0.39 is 0 Å². The fourth-order valence-electron chi connectivity index (χ4n) is 1.82. The predicted molar refractivity (Wildman–Crippen MR) is 80.4 cm³/mol. The summed E-state index contributed by atoms with van der Waals surface area (Å²) in [4.78, 5) is 6.87. The number of aryl methyl sites for hydroxylation is 1. The van der Waals surface area contributed by atoms with Gasteiger partial charge in [-0.3, -0.25) is 9.67 Å². The van der Waals surface area contributed by atoms with Gasteiger partial charge in [0.05, 0.1) is 0 Å². The van der Waals surface area contributed by atoms with E-state index in [9.17, 15) is 0 Å². The van der Waals surface area contributed by atoms with Crippen LogP contribution in [0.25, 0.3) is 0 Å². The molecular weight excluding hydrogens is 238 g/mol. The molecule has 1 aromatic heterocycles. The van der Waals surface area contributed by atoms with E-state index in [0.717, 1.165) is 38.6 Å². The van der Waals surface area contributed by atoms with Gasteiger partial charge in [-0.05, 0) is 25.8 Å². The first-order chi connectivity index (χ1) is 9.27. The van der Waals surface area contributed by atoms with Crippen LogP contribution in [-0.4, -0.2) is 47.3 Å². The van der Waals surface area contributed by atoms with Crippen LogP contribution in [-0.2, 0) is 6.54 Å². The van der Waals surface area contributed by atoms with Crippen LogP contribution in [0, 0.1) is 0 Å². The smallest absolute Gasteiger partial charge is 0.193 e. The van der Waals surface area contributed by atoms with Crippen LogP contribution in [0.4, 0.5) is 0 Å². The molecule has 0 aliphatic carbocycles. The fourth-order valence-corrected chi connectivity index (χ4v) is 1.82. The molecule has 0 saturated carbocycles. The Morgan fingerprint density at radius 2 is 2.21 bits per heavy atom. The van der Waals surface area contributed by atoms with Gasteiger partial charge < -0.3 is 10.2 Å². The predicted octanol–water partition coefficient (Wildman–Crippen LogP) is 1.97. The van der Waals surface area contributed by atoms with E-state index in [0.29, 0.717) is 0 Å². The van der Waals surface area contributed by atoms with Gasteiger partial charge in [-0.15, -0.1) is 0 Å². The molecule has 0 spiro atoms. The van der Waals surface area contributed by atoms with E-state index >= 15 is 0 Å². The Kier molecular flexibility index (Phi) is 7.70. The van der Waals surface area contributed by atoms with Gasteiger partial charge in [0.1, 0.15) is 0 Å². The zero-order valence-corrected chi connectivity index (χ0v) is 12.5. The Morgan fingerprint density at radius 1 is 1.37 bits per heavy atom. The number of guanidine groups is 1. The molecule has 0 radical (unpaired) electrons. The molecule has 1 aromatic rings. The molecule has 0 aliphatic rings. The summed E-state index contributed by atoms with van der Waals surface area (Å²) < 4.78 is 1.95. The summed E-state index contributed by atoms with van der Waals surface area (Å²) >= 11 is 0. The first kappa shape index (κ1) is 15.5. The number of nitrogens with one attached hydrogen (secondary N) is 1. The van der Waals surface area contributed by atoms with Gasteiger partial charge >= 0.3 is 0 Å². The Morgan fingerprint density at radius 3 is 2.84 bits per heavy atom. The SMILES string of the molecule is CCCCN(C)C(=NCCCn1cccn1)NCC. The molecule has 1 heterocycles.